The molecule has 0 fully saturated rings. The van der Waals surface area contributed by atoms with Crippen molar-refractivity contribution in [2.24, 2.45) is 0 Å². The number of aromatic nitrogens is 3. The normalized spacial score (nSPS) is 11.3. The Morgan fingerprint density at radius 2 is 1.94 bits per heavy atom. The Balaban J connectivity index is 2.13. The average Bonchev–Trinajstić information content (AvgIpc) is 2.79. The lowest BCUT2D eigenvalue weighted by Gasteiger charge is -2.20. The van der Waals surface area contributed by atoms with E-state index in [0.29, 0.717) is 11.5 Å². The maximum absolute atomic E-state index is 11.9. The van der Waals surface area contributed by atoms with Gasteiger partial charge in [0, 0.05) is 30.3 Å². The third kappa shape index (κ3) is 2.74. The van der Waals surface area contributed by atoms with E-state index in [1.54, 1.807) is 24.5 Å². The fraction of sp³-hybridized carbons (Fsp3) is 0.308. The molecule has 0 aliphatic heterocycles. The molecule has 5 heteroatoms. The molecule has 1 N–H and O–H groups in total. The van der Waals surface area contributed by atoms with Gasteiger partial charge in [0.1, 0.15) is 0 Å². The van der Waals surface area contributed by atoms with Crippen LogP contribution in [0.4, 0.5) is 5.95 Å². The molecule has 0 atom stereocenters. The molecule has 0 aliphatic rings. The van der Waals surface area contributed by atoms with Crippen LogP contribution in [0.25, 0.3) is 0 Å². The van der Waals surface area contributed by atoms with Gasteiger partial charge in [-0.15, -0.1) is 0 Å². The number of amides is 1. The highest BCUT2D eigenvalue weighted by Gasteiger charge is 2.15. The van der Waals surface area contributed by atoms with Crippen molar-refractivity contribution >= 4 is 11.9 Å². The van der Waals surface area contributed by atoms with Crippen LogP contribution in [0.5, 0.6) is 0 Å². The van der Waals surface area contributed by atoms with E-state index in [2.05, 4.69) is 36.1 Å². The maximum atomic E-state index is 11.9. The summed E-state index contributed by atoms with van der Waals surface area (Å²) in [6.45, 7) is 6.24. The van der Waals surface area contributed by atoms with Crippen LogP contribution >= 0.6 is 0 Å². The highest BCUT2D eigenvalue weighted by Crippen LogP contribution is 2.16. The summed E-state index contributed by atoms with van der Waals surface area (Å²) in [5.74, 6) is 0.107. The molecular weight excluding hydrogens is 228 g/mol. The van der Waals surface area contributed by atoms with Crippen LogP contribution in [0.3, 0.4) is 0 Å². The summed E-state index contributed by atoms with van der Waals surface area (Å²) in [6, 6.07) is 3.48. The minimum Gasteiger partial charge on any atom is -0.348 e. The molecular formula is C13H16N4O. The number of carbonyl (C=O) groups is 1. The largest absolute Gasteiger partial charge is 0.348 e. The number of hydrogen-bond donors (Lipinski definition) is 1. The third-order valence-corrected chi connectivity index (χ3v) is 2.52. The summed E-state index contributed by atoms with van der Waals surface area (Å²) in [5, 5.41) is 2.65. The lowest BCUT2D eigenvalue weighted by atomic mass is 10.1. The van der Waals surface area contributed by atoms with E-state index in [4.69, 9.17) is 0 Å². The van der Waals surface area contributed by atoms with E-state index >= 15 is 0 Å². The SMILES string of the molecule is CC(C)(C)n1ccc(C(=O)Nc2ncccn2)c1. The van der Waals surface area contributed by atoms with E-state index in [1.165, 1.54) is 0 Å². The monoisotopic (exact) mass is 244 g/mol. The van der Waals surface area contributed by atoms with E-state index in [9.17, 15) is 4.79 Å². The number of rotatable bonds is 2. The minimum absolute atomic E-state index is 0.0399. The van der Waals surface area contributed by atoms with Crippen LogP contribution in [0.2, 0.25) is 0 Å². The zero-order chi connectivity index (χ0) is 13.2. The first-order chi connectivity index (χ1) is 8.47. The molecule has 0 aromatic carbocycles. The Bertz CT molecular complexity index is 540. The van der Waals surface area contributed by atoms with Gasteiger partial charge in [-0.2, -0.15) is 0 Å². The van der Waals surface area contributed by atoms with Gasteiger partial charge in [-0.1, -0.05) is 0 Å². The molecule has 0 saturated carbocycles. The Morgan fingerprint density at radius 3 is 2.50 bits per heavy atom. The van der Waals surface area contributed by atoms with Gasteiger partial charge >= 0.3 is 0 Å². The van der Waals surface area contributed by atoms with Crippen molar-refractivity contribution < 1.29 is 4.79 Å². The number of hydrogen-bond acceptors (Lipinski definition) is 3. The van der Waals surface area contributed by atoms with E-state index < -0.39 is 0 Å². The van der Waals surface area contributed by atoms with Gasteiger partial charge in [-0.25, -0.2) is 9.97 Å². The lowest BCUT2D eigenvalue weighted by molar-refractivity contribution is 0.102. The minimum atomic E-state index is -0.204. The first-order valence-corrected chi connectivity index (χ1v) is 5.74. The van der Waals surface area contributed by atoms with Crippen LogP contribution in [-0.2, 0) is 5.54 Å². The first-order valence-electron chi connectivity index (χ1n) is 5.74. The molecule has 0 bridgehead atoms. The number of nitrogens with zero attached hydrogens (tertiary/aromatic N) is 3. The smallest absolute Gasteiger partial charge is 0.259 e. The van der Waals surface area contributed by atoms with E-state index in [-0.39, 0.29) is 11.4 Å². The predicted molar refractivity (Wildman–Crippen MR) is 69.4 cm³/mol. The quantitative estimate of drug-likeness (QED) is 0.881. The molecule has 0 radical (unpaired) electrons. The molecule has 94 valence electrons. The second-order valence-electron chi connectivity index (χ2n) is 5.00. The van der Waals surface area contributed by atoms with Crippen LogP contribution in [0, 0.1) is 0 Å². The Kier molecular flexibility index (Phi) is 3.14. The third-order valence-electron chi connectivity index (χ3n) is 2.52. The summed E-state index contributed by atoms with van der Waals surface area (Å²) in [4.78, 5) is 19.8. The predicted octanol–water partition coefficient (Wildman–Crippen LogP) is 2.29. The second-order valence-corrected chi connectivity index (χ2v) is 5.00. The molecule has 0 spiro atoms. The Morgan fingerprint density at radius 1 is 1.28 bits per heavy atom. The molecule has 1 amide bonds. The van der Waals surface area contributed by atoms with Gasteiger partial charge in [0.25, 0.3) is 5.91 Å². The van der Waals surface area contributed by atoms with Crippen molar-refractivity contribution in [3.8, 4) is 0 Å². The van der Waals surface area contributed by atoms with Crippen LogP contribution in [-0.4, -0.2) is 20.4 Å². The topological polar surface area (TPSA) is 59.8 Å². The molecule has 0 unspecified atom stereocenters. The summed E-state index contributed by atoms with van der Waals surface area (Å²) >= 11 is 0. The van der Waals surface area contributed by atoms with Crippen molar-refractivity contribution in [3.05, 3.63) is 42.5 Å². The fourth-order valence-electron chi connectivity index (χ4n) is 1.49. The number of nitrogens with one attached hydrogen (secondary N) is 1. The van der Waals surface area contributed by atoms with Gasteiger partial charge in [0.05, 0.1) is 5.56 Å². The van der Waals surface area contributed by atoms with E-state index in [0.717, 1.165) is 0 Å². The fourth-order valence-corrected chi connectivity index (χ4v) is 1.49. The average molecular weight is 244 g/mol. The molecule has 5 nitrogen and oxygen atoms in total. The number of anilines is 1. The molecule has 2 rings (SSSR count). The summed E-state index contributed by atoms with van der Waals surface area (Å²) in [5.41, 5.74) is 0.555. The molecule has 2 aromatic rings. The lowest BCUT2D eigenvalue weighted by Crippen LogP contribution is -2.20. The summed E-state index contributed by atoms with van der Waals surface area (Å²) < 4.78 is 1.99. The van der Waals surface area contributed by atoms with Gasteiger partial charge < -0.3 is 4.57 Å². The van der Waals surface area contributed by atoms with Crippen molar-refractivity contribution in [3.63, 3.8) is 0 Å². The Hall–Kier alpha value is -2.17. The van der Waals surface area contributed by atoms with Gasteiger partial charge in [-0.05, 0) is 32.9 Å². The zero-order valence-corrected chi connectivity index (χ0v) is 10.7. The van der Waals surface area contributed by atoms with Crippen molar-refractivity contribution in [2.45, 2.75) is 26.3 Å². The zero-order valence-electron chi connectivity index (χ0n) is 10.7. The van der Waals surface area contributed by atoms with Gasteiger partial charge in [0.2, 0.25) is 5.95 Å². The van der Waals surface area contributed by atoms with Crippen LogP contribution in [0.1, 0.15) is 31.1 Å². The second kappa shape index (κ2) is 4.60. The van der Waals surface area contributed by atoms with E-state index in [1.807, 2.05) is 17.0 Å². The van der Waals surface area contributed by atoms with Crippen LogP contribution < -0.4 is 5.32 Å². The van der Waals surface area contributed by atoms with Gasteiger partial charge in [0.15, 0.2) is 0 Å². The molecule has 2 aromatic heterocycles. The molecule has 0 saturated heterocycles. The summed E-state index contributed by atoms with van der Waals surface area (Å²) in [7, 11) is 0. The first kappa shape index (κ1) is 12.3. The van der Waals surface area contributed by atoms with Crippen molar-refractivity contribution in [2.75, 3.05) is 5.32 Å². The van der Waals surface area contributed by atoms with Crippen molar-refractivity contribution in [1.82, 2.24) is 14.5 Å². The highest BCUT2D eigenvalue weighted by molar-refractivity contribution is 6.03. The van der Waals surface area contributed by atoms with Crippen molar-refractivity contribution in [1.29, 1.82) is 0 Å². The number of carbonyl (C=O) groups excluding carboxylic acids is 1. The Labute approximate surface area is 106 Å². The highest BCUT2D eigenvalue weighted by atomic mass is 16.1. The molecule has 0 aliphatic carbocycles. The van der Waals surface area contributed by atoms with Crippen LogP contribution in [0.15, 0.2) is 36.9 Å². The maximum Gasteiger partial charge on any atom is 0.259 e. The summed E-state index contributed by atoms with van der Waals surface area (Å²) in [6.07, 6.45) is 6.88. The standard InChI is InChI=1S/C13H16N4O/c1-13(2,3)17-8-5-10(9-17)11(18)16-12-14-6-4-7-15-12/h4-9H,1-3H3,(H,14,15,16,18). The molecule has 18 heavy (non-hydrogen) atoms. The van der Waals surface area contributed by atoms with Gasteiger partial charge in [-0.3, -0.25) is 10.1 Å². The molecule has 2 heterocycles.